The van der Waals surface area contributed by atoms with E-state index in [0.717, 1.165) is 43.4 Å². The number of alkyl halides is 3. The second-order valence-corrected chi connectivity index (χ2v) is 9.31. The van der Waals surface area contributed by atoms with Crippen molar-refractivity contribution in [3.8, 4) is 0 Å². The first-order chi connectivity index (χ1) is 18.9. The molecule has 1 saturated heterocycles. The van der Waals surface area contributed by atoms with Crippen LogP contribution in [0.1, 0.15) is 45.1 Å². The van der Waals surface area contributed by atoms with Crippen LogP contribution in [0.3, 0.4) is 0 Å². The molecule has 2 aliphatic rings. The summed E-state index contributed by atoms with van der Waals surface area (Å²) in [6.45, 7) is 7.26. The first-order valence-electron chi connectivity index (χ1n) is 12.9. The fourth-order valence-electron chi connectivity index (χ4n) is 4.31. The lowest BCUT2D eigenvalue weighted by Gasteiger charge is -2.25. The second-order valence-electron chi connectivity index (χ2n) is 9.31. The minimum atomic E-state index is -4.44. The maximum Gasteiger partial charge on any atom is 0.411 e. The molecule has 8 nitrogen and oxygen atoms in total. The third-order valence-corrected chi connectivity index (χ3v) is 6.26. The van der Waals surface area contributed by atoms with E-state index >= 15 is 0 Å². The molecule has 40 heavy (non-hydrogen) atoms. The average Bonchev–Trinajstić information content (AvgIpc) is 3.46. The Bertz CT molecular complexity index is 1060. The quantitative estimate of drug-likeness (QED) is 0.272. The lowest BCUT2D eigenvalue weighted by atomic mass is 9.98. The topological polar surface area (TPSA) is 92.1 Å². The Balaban J connectivity index is 0.000000292. The molecular weight excluding hydrogens is 537 g/mol. The first-order valence-corrected chi connectivity index (χ1v) is 12.9. The van der Waals surface area contributed by atoms with Crippen LogP contribution in [0.25, 0.3) is 0 Å². The highest BCUT2D eigenvalue weighted by Crippen LogP contribution is 2.28. The van der Waals surface area contributed by atoms with Gasteiger partial charge in [0, 0.05) is 37.5 Å². The molecule has 2 heterocycles. The number of nitrogens with one attached hydrogen (secondary N) is 2. The van der Waals surface area contributed by atoms with Crippen LogP contribution >= 0.6 is 0 Å². The van der Waals surface area contributed by atoms with Crippen molar-refractivity contribution in [3.05, 3.63) is 70.7 Å². The SMILES string of the molecule is C/C=C\C=C(/CC)N1NC(OCC(F)(F)F)C(C)=C1NC(N)=O.COCCN1CCC(c2cc(F)cc(F)c2)C1. The zero-order valence-electron chi connectivity index (χ0n) is 23.2. The van der Waals surface area contributed by atoms with Crippen LogP contribution in [0.5, 0.6) is 0 Å². The monoisotopic (exact) mass is 575 g/mol. The summed E-state index contributed by atoms with van der Waals surface area (Å²) < 4.78 is 73.1. The molecular formula is C27H38F5N5O3. The van der Waals surface area contributed by atoms with Gasteiger partial charge >= 0.3 is 12.2 Å². The van der Waals surface area contributed by atoms with E-state index in [1.165, 1.54) is 17.1 Å². The lowest BCUT2D eigenvalue weighted by Crippen LogP contribution is -2.43. The van der Waals surface area contributed by atoms with Gasteiger partial charge in [-0.25, -0.2) is 13.6 Å². The van der Waals surface area contributed by atoms with Crippen LogP contribution in [-0.4, -0.2) is 68.3 Å². The minimum absolute atomic E-state index is 0.233. The number of carbonyl (C=O) groups is 1. The maximum atomic E-state index is 13.1. The van der Waals surface area contributed by atoms with Crippen molar-refractivity contribution in [3.63, 3.8) is 0 Å². The number of benzene rings is 1. The number of likely N-dealkylation sites (tertiary alicyclic amines) is 1. The van der Waals surface area contributed by atoms with Crippen molar-refractivity contribution in [2.75, 3.05) is 40.0 Å². The Morgan fingerprint density at radius 2 is 1.93 bits per heavy atom. The van der Waals surface area contributed by atoms with E-state index in [-0.39, 0.29) is 11.7 Å². The van der Waals surface area contributed by atoms with Crippen LogP contribution in [0.2, 0.25) is 0 Å². The number of hydrazine groups is 1. The fourth-order valence-corrected chi connectivity index (χ4v) is 4.31. The summed E-state index contributed by atoms with van der Waals surface area (Å²) in [6.07, 6.45) is 1.42. The zero-order chi connectivity index (χ0) is 29.9. The van der Waals surface area contributed by atoms with Crippen LogP contribution in [-0.2, 0) is 9.47 Å². The van der Waals surface area contributed by atoms with E-state index in [0.29, 0.717) is 18.6 Å². The molecule has 0 bridgehead atoms. The number of urea groups is 1. The highest BCUT2D eigenvalue weighted by atomic mass is 19.4. The molecule has 1 aromatic rings. The molecule has 2 aliphatic heterocycles. The van der Waals surface area contributed by atoms with Crippen LogP contribution in [0.4, 0.5) is 26.7 Å². The number of rotatable bonds is 10. The van der Waals surface area contributed by atoms with Gasteiger partial charge in [0.2, 0.25) is 0 Å². The standard InChI is InChI=1S/C14H21F3N4O2.C13H17F2NO/c1-4-6-7-10(5-2)21-11(19-13(18)22)9(3)12(20-21)23-8-14(15,16)17;1-17-5-4-16-3-2-10(9-16)11-6-12(14)8-13(15)7-11/h4,6-7,12,20H,5,8H2,1-3H3,(H3,18,19,22);6-8,10H,2-5,9H2,1H3/b6-4-,10-7+;. The Morgan fingerprint density at radius 3 is 2.48 bits per heavy atom. The summed E-state index contributed by atoms with van der Waals surface area (Å²) in [5.74, 6) is -0.481. The van der Waals surface area contributed by atoms with Gasteiger partial charge in [0.1, 0.15) is 24.1 Å². The second kappa shape index (κ2) is 15.7. The predicted octanol–water partition coefficient (Wildman–Crippen LogP) is 4.88. The molecule has 2 unspecified atom stereocenters. The van der Waals surface area contributed by atoms with Gasteiger partial charge in [-0.15, -0.1) is 0 Å². The van der Waals surface area contributed by atoms with Crippen molar-refractivity contribution in [2.45, 2.75) is 51.9 Å². The normalized spacial score (nSPS) is 20.3. The molecule has 224 valence electrons. The van der Waals surface area contributed by atoms with Crippen molar-refractivity contribution in [1.82, 2.24) is 20.7 Å². The van der Waals surface area contributed by atoms with Gasteiger partial charge in [-0.2, -0.15) is 18.6 Å². The summed E-state index contributed by atoms with van der Waals surface area (Å²) in [7, 11) is 1.68. The molecule has 13 heteroatoms. The number of nitrogens with two attached hydrogens (primary N) is 1. The molecule has 4 N–H and O–H groups in total. The van der Waals surface area contributed by atoms with Crippen molar-refractivity contribution in [1.29, 1.82) is 0 Å². The molecule has 0 saturated carbocycles. The molecule has 0 aromatic heterocycles. The largest absolute Gasteiger partial charge is 0.411 e. The summed E-state index contributed by atoms with van der Waals surface area (Å²) in [5.41, 5.74) is 9.82. The van der Waals surface area contributed by atoms with Gasteiger partial charge in [-0.3, -0.25) is 10.3 Å². The molecule has 3 rings (SSSR count). The van der Waals surface area contributed by atoms with E-state index in [9.17, 15) is 26.7 Å². The average molecular weight is 576 g/mol. The summed E-state index contributed by atoms with van der Waals surface area (Å²) in [6, 6.07) is 2.98. The highest BCUT2D eigenvalue weighted by molar-refractivity contribution is 5.74. The van der Waals surface area contributed by atoms with Crippen LogP contribution in [0, 0.1) is 11.6 Å². The van der Waals surface area contributed by atoms with Crippen molar-refractivity contribution < 1.29 is 36.2 Å². The number of nitrogens with zero attached hydrogens (tertiary/aromatic N) is 2. The highest BCUT2D eigenvalue weighted by Gasteiger charge is 2.35. The van der Waals surface area contributed by atoms with Crippen molar-refractivity contribution >= 4 is 6.03 Å². The van der Waals surface area contributed by atoms with Gasteiger partial charge in [0.15, 0.2) is 6.23 Å². The van der Waals surface area contributed by atoms with E-state index < -0.39 is 36.7 Å². The smallest absolute Gasteiger partial charge is 0.383 e. The number of primary amides is 1. The molecule has 2 amide bonds. The Hall–Kier alpha value is -3.00. The Morgan fingerprint density at radius 1 is 1.25 bits per heavy atom. The number of halogens is 5. The minimum Gasteiger partial charge on any atom is -0.383 e. The van der Waals surface area contributed by atoms with E-state index in [2.05, 4.69) is 15.6 Å². The zero-order valence-corrected chi connectivity index (χ0v) is 23.2. The van der Waals surface area contributed by atoms with E-state index in [4.69, 9.17) is 15.2 Å². The number of ether oxygens (including phenoxy) is 2. The summed E-state index contributed by atoms with van der Waals surface area (Å²) in [4.78, 5) is 13.4. The van der Waals surface area contributed by atoms with E-state index in [1.54, 1.807) is 32.3 Å². The lowest BCUT2D eigenvalue weighted by molar-refractivity contribution is -0.186. The molecule has 0 spiro atoms. The van der Waals surface area contributed by atoms with Crippen molar-refractivity contribution in [2.24, 2.45) is 5.73 Å². The first kappa shape index (κ1) is 33.2. The van der Waals surface area contributed by atoms with Gasteiger partial charge in [0.25, 0.3) is 0 Å². The maximum absolute atomic E-state index is 13.1. The molecule has 2 atom stereocenters. The summed E-state index contributed by atoms with van der Waals surface area (Å²) in [5, 5.41) is 3.89. The number of amides is 2. The fraction of sp³-hybridized carbons (Fsp3) is 0.519. The number of allylic oxidation sites excluding steroid dienone is 4. The molecule has 0 aliphatic carbocycles. The summed E-state index contributed by atoms with van der Waals surface area (Å²) >= 11 is 0. The van der Waals surface area contributed by atoms with Crippen LogP contribution in [0.15, 0.2) is 53.5 Å². The van der Waals surface area contributed by atoms with E-state index in [1.807, 2.05) is 13.8 Å². The van der Waals surface area contributed by atoms with Gasteiger partial charge in [-0.05, 0) is 62.9 Å². The molecule has 0 radical (unpaired) electrons. The Kier molecular flexibility index (Phi) is 13.0. The third-order valence-electron chi connectivity index (χ3n) is 6.26. The third kappa shape index (κ3) is 10.5. The van der Waals surface area contributed by atoms with Crippen LogP contribution < -0.4 is 16.5 Å². The number of methoxy groups -OCH3 is 1. The number of hydrogen-bond acceptors (Lipinski definition) is 6. The van der Waals surface area contributed by atoms with Gasteiger partial charge < -0.3 is 20.1 Å². The number of hydrogen-bond donors (Lipinski definition) is 3. The predicted molar refractivity (Wildman–Crippen MR) is 141 cm³/mol. The Labute approximate surface area is 231 Å². The number of carbonyl (C=O) groups excluding carboxylic acids is 1. The molecule has 1 aromatic carbocycles. The van der Waals surface area contributed by atoms with Gasteiger partial charge in [-0.1, -0.05) is 19.1 Å². The molecule has 1 fully saturated rings. The van der Waals surface area contributed by atoms with Gasteiger partial charge in [0.05, 0.1) is 6.61 Å².